The Labute approximate surface area is 235 Å². The van der Waals surface area contributed by atoms with Gasteiger partial charge in [0.25, 0.3) is 0 Å². The number of benzene rings is 3. The van der Waals surface area contributed by atoms with Crippen LogP contribution in [0, 0.1) is 5.82 Å². The Kier molecular flexibility index (Phi) is 7.10. The molecular weight excluding hydrogens is 527 g/mol. The van der Waals surface area contributed by atoms with Gasteiger partial charge in [-0.2, -0.15) is 5.10 Å². The van der Waals surface area contributed by atoms with Gasteiger partial charge in [-0.25, -0.2) is 4.39 Å². The van der Waals surface area contributed by atoms with E-state index < -0.39 is 0 Å². The van der Waals surface area contributed by atoms with Crippen LogP contribution in [-0.2, 0) is 11.3 Å². The highest BCUT2D eigenvalue weighted by molar-refractivity contribution is 5.97. The molecular formula is C30H29FN6O4. The molecule has 1 aliphatic rings. The van der Waals surface area contributed by atoms with Crippen molar-refractivity contribution in [2.45, 2.75) is 32.2 Å². The summed E-state index contributed by atoms with van der Waals surface area (Å²) in [4.78, 5) is 13.7. The Morgan fingerprint density at radius 2 is 2.05 bits per heavy atom. The summed E-state index contributed by atoms with van der Waals surface area (Å²) in [6.07, 6.45) is 1.82. The zero-order chi connectivity index (χ0) is 28.5. The van der Waals surface area contributed by atoms with Crippen LogP contribution in [0.15, 0.2) is 59.0 Å². The van der Waals surface area contributed by atoms with E-state index in [-0.39, 0.29) is 23.4 Å². The molecule has 0 aliphatic carbocycles. The summed E-state index contributed by atoms with van der Waals surface area (Å²) < 4.78 is 26.1. The van der Waals surface area contributed by atoms with E-state index in [1.165, 1.54) is 19.1 Å². The number of methoxy groups -OCH3 is 1. The second-order valence-electron chi connectivity index (χ2n) is 10.2. The van der Waals surface area contributed by atoms with Gasteiger partial charge in [0.2, 0.25) is 17.7 Å². The highest BCUT2D eigenvalue weighted by Gasteiger charge is 2.27. The van der Waals surface area contributed by atoms with Crippen LogP contribution in [0.5, 0.6) is 11.5 Å². The summed E-state index contributed by atoms with van der Waals surface area (Å²) in [5.74, 6) is 0.922. The monoisotopic (exact) mass is 556 g/mol. The number of carbonyl (C=O) groups is 1. The minimum Gasteiger partial charge on any atom is -0.506 e. The number of fused-ring (bicyclic) bond motifs is 1. The van der Waals surface area contributed by atoms with Crippen LogP contribution in [0.1, 0.15) is 37.1 Å². The first-order valence-corrected chi connectivity index (χ1v) is 13.4. The van der Waals surface area contributed by atoms with Gasteiger partial charge < -0.3 is 19.6 Å². The van der Waals surface area contributed by atoms with Crippen molar-refractivity contribution in [3.63, 3.8) is 0 Å². The van der Waals surface area contributed by atoms with Gasteiger partial charge in [0.15, 0.2) is 0 Å². The Hall–Kier alpha value is -4.77. The molecule has 5 aromatic rings. The summed E-state index contributed by atoms with van der Waals surface area (Å²) in [5, 5.41) is 29.8. The van der Waals surface area contributed by atoms with Crippen molar-refractivity contribution in [3.8, 4) is 34.2 Å². The molecule has 11 heteroatoms. The number of nitrogens with one attached hydrogen (secondary N) is 2. The summed E-state index contributed by atoms with van der Waals surface area (Å²) in [5.41, 5.74) is 3.77. The van der Waals surface area contributed by atoms with Gasteiger partial charge in [-0.3, -0.25) is 14.8 Å². The maximum Gasteiger partial charge on any atom is 0.247 e. The first kappa shape index (κ1) is 26.5. The van der Waals surface area contributed by atoms with Crippen molar-refractivity contribution in [2.75, 3.05) is 25.5 Å². The van der Waals surface area contributed by atoms with E-state index in [1.54, 1.807) is 31.4 Å². The van der Waals surface area contributed by atoms with Gasteiger partial charge >= 0.3 is 0 Å². The number of phenolic OH excluding ortho intramolecular Hbond substituents is 1. The number of halogens is 1. The largest absolute Gasteiger partial charge is 0.506 e. The topological polar surface area (TPSA) is 129 Å². The summed E-state index contributed by atoms with van der Waals surface area (Å²) in [7, 11) is 1.55. The van der Waals surface area contributed by atoms with Crippen molar-refractivity contribution in [1.82, 2.24) is 25.3 Å². The minimum absolute atomic E-state index is 0.0279. The number of phenols is 1. The van der Waals surface area contributed by atoms with Crippen LogP contribution in [0.25, 0.3) is 33.6 Å². The zero-order valence-electron chi connectivity index (χ0n) is 22.6. The summed E-state index contributed by atoms with van der Waals surface area (Å²) >= 11 is 0. The van der Waals surface area contributed by atoms with Crippen LogP contribution in [0.2, 0.25) is 0 Å². The molecule has 10 nitrogen and oxygen atoms in total. The second kappa shape index (κ2) is 11.0. The number of aromatic nitrogens is 4. The number of anilines is 1. The zero-order valence-corrected chi connectivity index (χ0v) is 22.6. The lowest BCUT2D eigenvalue weighted by molar-refractivity contribution is -0.114. The van der Waals surface area contributed by atoms with Crippen molar-refractivity contribution >= 4 is 22.5 Å². The van der Waals surface area contributed by atoms with Crippen molar-refractivity contribution in [3.05, 3.63) is 71.9 Å². The lowest BCUT2D eigenvalue weighted by atomic mass is 9.97. The molecule has 3 heterocycles. The van der Waals surface area contributed by atoms with E-state index >= 15 is 0 Å². The van der Waals surface area contributed by atoms with Crippen molar-refractivity contribution < 1.29 is 23.4 Å². The number of aromatic amines is 1. The van der Waals surface area contributed by atoms with Crippen LogP contribution in [0.4, 0.5) is 10.1 Å². The van der Waals surface area contributed by atoms with Crippen molar-refractivity contribution in [2.24, 2.45) is 0 Å². The van der Waals surface area contributed by atoms with E-state index in [0.29, 0.717) is 47.6 Å². The Bertz CT molecular complexity index is 1730. The normalized spacial score (nSPS) is 15.7. The lowest BCUT2D eigenvalue weighted by Gasteiger charge is -2.31. The van der Waals surface area contributed by atoms with Gasteiger partial charge in [0, 0.05) is 42.1 Å². The number of hydrogen-bond donors (Lipinski definition) is 3. The molecule has 6 rings (SSSR count). The van der Waals surface area contributed by atoms with Crippen LogP contribution in [-0.4, -0.2) is 56.5 Å². The minimum atomic E-state index is -0.285. The first-order chi connectivity index (χ1) is 19.9. The number of piperidine rings is 1. The molecule has 1 atom stereocenters. The molecule has 41 heavy (non-hydrogen) atoms. The molecule has 210 valence electrons. The van der Waals surface area contributed by atoms with Gasteiger partial charge in [-0.05, 0) is 67.9 Å². The predicted molar refractivity (Wildman–Crippen MR) is 151 cm³/mol. The van der Waals surface area contributed by atoms with Crippen molar-refractivity contribution in [1.29, 1.82) is 0 Å². The van der Waals surface area contributed by atoms with E-state index in [1.807, 2.05) is 18.2 Å². The number of aromatic hydroxyl groups is 1. The summed E-state index contributed by atoms with van der Waals surface area (Å²) in [6, 6.07) is 15.5. The quantitative estimate of drug-likeness (QED) is 0.225. The third kappa shape index (κ3) is 5.36. The third-order valence-electron chi connectivity index (χ3n) is 7.36. The molecule has 3 aromatic carbocycles. The van der Waals surface area contributed by atoms with Crippen LogP contribution >= 0.6 is 0 Å². The van der Waals surface area contributed by atoms with Crippen LogP contribution < -0.4 is 10.1 Å². The number of H-pyrrole nitrogens is 1. The highest BCUT2D eigenvalue weighted by Crippen LogP contribution is 2.35. The van der Waals surface area contributed by atoms with Gasteiger partial charge in [0.05, 0.1) is 29.9 Å². The third-order valence-corrected chi connectivity index (χ3v) is 7.36. The van der Waals surface area contributed by atoms with E-state index in [0.717, 1.165) is 41.4 Å². The maximum atomic E-state index is 14.5. The maximum absolute atomic E-state index is 14.5. The smallest absolute Gasteiger partial charge is 0.247 e. The molecule has 1 fully saturated rings. The molecule has 1 amide bonds. The SMILES string of the molecule is COc1cccc(F)c1CN1CCC[C@@H](c2nnc(-c3ccc4[nH]nc(-c5ccc(O)c(NC(C)=O)c5)c4c3)o2)C1. The van der Waals surface area contributed by atoms with E-state index in [2.05, 4.69) is 30.6 Å². The van der Waals surface area contributed by atoms with E-state index in [4.69, 9.17) is 9.15 Å². The van der Waals surface area contributed by atoms with Gasteiger partial charge in [-0.1, -0.05) is 6.07 Å². The molecule has 0 saturated carbocycles. The number of carbonyl (C=O) groups excluding carboxylic acids is 1. The fourth-order valence-electron chi connectivity index (χ4n) is 5.36. The average molecular weight is 557 g/mol. The second-order valence-corrected chi connectivity index (χ2v) is 10.2. The number of ether oxygens (including phenoxy) is 1. The Morgan fingerprint density at radius 3 is 2.88 bits per heavy atom. The lowest BCUT2D eigenvalue weighted by Crippen LogP contribution is -2.34. The first-order valence-electron chi connectivity index (χ1n) is 13.4. The number of rotatable bonds is 7. The summed E-state index contributed by atoms with van der Waals surface area (Å²) in [6.45, 7) is 3.33. The fourth-order valence-corrected chi connectivity index (χ4v) is 5.36. The highest BCUT2D eigenvalue weighted by atomic mass is 19.1. The average Bonchev–Trinajstić information content (AvgIpc) is 3.63. The fraction of sp³-hybridized carbons (Fsp3) is 0.267. The molecule has 0 radical (unpaired) electrons. The number of amides is 1. The molecule has 1 saturated heterocycles. The molecule has 1 aliphatic heterocycles. The molecule has 2 aromatic heterocycles. The number of nitrogens with zero attached hydrogens (tertiary/aromatic N) is 4. The number of likely N-dealkylation sites (tertiary alicyclic amines) is 1. The van der Waals surface area contributed by atoms with Gasteiger partial charge in [0.1, 0.15) is 17.3 Å². The Balaban J connectivity index is 1.24. The molecule has 0 unspecified atom stereocenters. The molecule has 0 bridgehead atoms. The standard InChI is InChI=1S/C30H29FN6O4/c1-17(38)32-25-14-18(9-11-26(25)39)28-21-13-19(8-10-24(21)33-34-28)29-35-36-30(41-29)20-5-4-12-37(15-20)16-22-23(31)6-3-7-27(22)40-2/h3,6-11,13-14,20,39H,4-5,12,15-16H2,1-2H3,(H,32,38)(H,33,34)/t20-/m1/s1. The Morgan fingerprint density at radius 1 is 1.20 bits per heavy atom. The number of hydrogen-bond acceptors (Lipinski definition) is 8. The molecule has 3 N–H and O–H groups in total. The molecule has 0 spiro atoms. The predicted octanol–water partition coefficient (Wildman–Crippen LogP) is 5.47. The van der Waals surface area contributed by atoms with Gasteiger partial charge in [-0.15, -0.1) is 10.2 Å². The van der Waals surface area contributed by atoms with Crippen LogP contribution in [0.3, 0.4) is 0 Å². The van der Waals surface area contributed by atoms with E-state index in [9.17, 15) is 14.3 Å².